The Morgan fingerprint density at radius 1 is 1.18 bits per heavy atom. The minimum absolute atomic E-state index is 0.0730. The lowest BCUT2D eigenvalue weighted by atomic mass is 10.1. The monoisotopic (exact) mass is 346 g/mol. The highest BCUT2D eigenvalue weighted by molar-refractivity contribution is 7.91. The molecule has 0 aliphatic carbocycles. The molecule has 22 heavy (non-hydrogen) atoms. The minimum atomic E-state index is -3.53. The topological polar surface area (TPSA) is 92.3 Å². The highest BCUT2D eigenvalue weighted by Crippen LogP contribution is 2.14. The maximum atomic E-state index is 12.2. The molecule has 0 aromatic heterocycles. The second kappa shape index (κ2) is 6.66. The van der Waals surface area contributed by atoms with Gasteiger partial charge in [-0.25, -0.2) is 21.6 Å². The van der Waals surface area contributed by atoms with Crippen LogP contribution < -0.4 is 10.0 Å². The van der Waals surface area contributed by atoms with Crippen LogP contribution in [0.25, 0.3) is 0 Å². The first kappa shape index (κ1) is 17.4. The van der Waals surface area contributed by atoms with Crippen molar-refractivity contribution in [3.8, 4) is 0 Å². The molecule has 1 saturated heterocycles. The predicted octanol–water partition coefficient (Wildman–Crippen LogP) is 0.358. The van der Waals surface area contributed by atoms with Gasteiger partial charge >= 0.3 is 0 Å². The zero-order chi connectivity index (χ0) is 16.4. The fraction of sp³-hybridized carbons (Fsp3) is 0.571. The van der Waals surface area contributed by atoms with E-state index in [0.29, 0.717) is 13.0 Å². The standard InChI is InChI=1S/C14H22N2O4S2/c1-11-3-4-14(9-12(11)2)22(19,20)16-7-6-15-13-5-8-21(17,18)10-13/h3-4,9,13,15-16H,5-8,10H2,1-2H3/t13-/m1/s1. The van der Waals surface area contributed by atoms with Crippen LogP contribution >= 0.6 is 0 Å². The van der Waals surface area contributed by atoms with Crippen molar-refractivity contribution in [3.63, 3.8) is 0 Å². The van der Waals surface area contributed by atoms with Crippen molar-refractivity contribution in [3.05, 3.63) is 29.3 Å². The molecule has 0 radical (unpaired) electrons. The smallest absolute Gasteiger partial charge is 0.240 e. The van der Waals surface area contributed by atoms with Crippen molar-refractivity contribution in [2.24, 2.45) is 0 Å². The predicted molar refractivity (Wildman–Crippen MR) is 86.2 cm³/mol. The Morgan fingerprint density at radius 3 is 2.50 bits per heavy atom. The average Bonchev–Trinajstić information content (AvgIpc) is 2.77. The highest BCUT2D eigenvalue weighted by atomic mass is 32.2. The summed E-state index contributed by atoms with van der Waals surface area (Å²) in [6, 6.07) is 4.94. The van der Waals surface area contributed by atoms with E-state index in [1.54, 1.807) is 18.2 Å². The van der Waals surface area contributed by atoms with Gasteiger partial charge in [0.2, 0.25) is 10.0 Å². The van der Waals surface area contributed by atoms with Gasteiger partial charge in [-0.1, -0.05) is 6.07 Å². The Labute approximate surface area is 132 Å². The third-order valence-corrected chi connectivity index (χ3v) is 7.10. The van der Waals surface area contributed by atoms with Crippen LogP contribution in [0.5, 0.6) is 0 Å². The molecule has 0 unspecified atom stereocenters. The van der Waals surface area contributed by atoms with Crippen LogP contribution in [0.3, 0.4) is 0 Å². The van der Waals surface area contributed by atoms with E-state index in [2.05, 4.69) is 10.0 Å². The van der Waals surface area contributed by atoms with Gasteiger partial charge in [-0.15, -0.1) is 0 Å². The number of sulfone groups is 1. The van der Waals surface area contributed by atoms with Gasteiger partial charge in [-0.2, -0.15) is 0 Å². The van der Waals surface area contributed by atoms with E-state index in [0.717, 1.165) is 11.1 Å². The summed E-state index contributed by atoms with van der Waals surface area (Å²) >= 11 is 0. The summed E-state index contributed by atoms with van der Waals surface area (Å²) < 4.78 is 49.5. The molecular formula is C14H22N2O4S2. The quantitative estimate of drug-likeness (QED) is 0.726. The zero-order valence-electron chi connectivity index (χ0n) is 12.8. The van der Waals surface area contributed by atoms with Crippen molar-refractivity contribution in [2.45, 2.75) is 31.2 Å². The summed E-state index contributed by atoms with van der Waals surface area (Å²) in [5.41, 5.74) is 1.97. The first-order valence-corrected chi connectivity index (χ1v) is 10.5. The maximum Gasteiger partial charge on any atom is 0.240 e. The molecule has 8 heteroatoms. The lowest BCUT2D eigenvalue weighted by Crippen LogP contribution is -2.37. The van der Waals surface area contributed by atoms with Gasteiger partial charge in [0, 0.05) is 19.1 Å². The van der Waals surface area contributed by atoms with Crippen molar-refractivity contribution in [2.75, 3.05) is 24.6 Å². The van der Waals surface area contributed by atoms with Crippen molar-refractivity contribution < 1.29 is 16.8 Å². The van der Waals surface area contributed by atoms with Gasteiger partial charge in [-0.3, -0.25) is 0 Å². The molecule has 6 nitrogen and oxygen atoms in total. The molecule has 1 aromatic rings. The number of sulfonamides is 1. The van der Waals surface area contributed by atoms with Crippen LogP contribution in [0.1, 0.15) is 17.5 Å². The summed E-state index contributed by atoms with van der Waals surface area (Å²) in [4.78, 5) is 0.249. The number of nitrogens with one attached hydrogen (secondary N) is 2. The average molecular weight is 346 g/mol. The van der Waals surface area contributed by atoms with Crippen molar-refractivity contribution in [1.82, 2.24) is 10.0 Å². The van der Waals surface area contributed by atoms with Crippen LogP contribution in [-0.4, -0.2) is 47.5 Å². The molecule has 0 amide bonds. The Bertz CT molecular complexity index is 742. The first-order valence-electron chi connectivity index (χ1n) is 7.20. The highest BCUT2D eigenvalue weighted by Gasteiger charge is 2.27. The fourth-order valence-corrected chi connectivity index (χ4v) is 5.21. The lowest BCUT2D eigenvalue weighted by molar-refractivity contribution is 0.542. The Hall–Kier alpha value is -0.960. The fourth-order valence-electron chi connectivity index (χ4n) is 2.38. The molecule has 0 spiro atoms. The normalized spacial score (nSPS) is 21.1. The molecule has 0 saturated carbocycles. The molecule has 2 rings (SSSR count). The SMILES string of the molecule is Cc1ccc(S(=O)(=O)NCCN[C@@H]2CCS(=O)(=O)C2)cc1C. The summed E-state index contributed by atoms with van der Waals surface area (Å²) in [5, 5.41) is 3.08. The number of rotatable bonds is 6. The third kappa shape index (κ3) is 4.52. The number of aryl methyl sites for hydroxylation is 2. The number of benzene rings is 1. The molecule has 1 heterocycles. The molecular weight excluding hydrogens is 324 g/mol. The van der Waals surface area contributed by atoms with Crippen molar-refractivity contribution in [1.29, 1.82) is 0 Å². The Kier molecular flexibility index (Phi) is 5.26. The molecule has 2 N–H and O–H groups in total. The van der Waals surface area contributed by atoms with Crippen LogP contribution in [-0.2, 0) is 19.9 Å². The van der Waals surface area contributed by atoms with Gasteiger partial charge in [-0.05, 0) is 43.5 Å². The second-order valence-corrected chi connectivity index (χ2v) is 9.69. The third-order valence-electron chi connectivity index (χ3n) is 3.87. The first-order chi connectivity index (χ1) is 10.2. The van der Waals surface area contributed by atoms with Gasteiger partial charge in [0.15, 0.2) is 9.84 Å². The van der Waals surface area contributed by atoms with E-state index in [-0.39, 0.29) is 29.0 Å². The summed E-state index contributed by atoms with van der Waals surface area (Å²) in [5.74, 6) is 0.343. The molecule has 1 aliphatic rings. The zero-order valence-corrected chi connectivity index (χ0v) is 14.4. The van der Waals surface area contributed by atoms with E-state index < -0.39 is 19.9 Å². The molecule has 1 fully saturated rings. The van der Waals surface area contributed by atoms with E-state index >= 15 is 0 Å². The van der Waals surface area contributed by atoms with Crippen LogP contribution in [0, 0.1) is 13.8 Å². The summed E-state index contributed by atoms with van der Waals surface area (Å²) in [6.45, 7) is 4.44. The molecule has 124 valence electrons. The lowest BCUT2D eigenvalue weighted by Gasteiger charge is -2.12. The molecule has 1 aromatic carbocycles. The summed E-state index contributed by atoms with van der Waals surface area (Å²) in [7, 11) is -6.44. The number of hydrogen-bond donors (Lipinski definition) is 2. The minimum Gasteiger partial charge on any atom is -0.312 e. The van der Waals surface area contributed by atoms with E-state index in [4.69, 9.17) is 0 Å². The number of hydrogen-bond acceptors (Lipinski definition) is 5. The molecule has 0 bridgehead atoms. The Balaban J connectivity index is 1.84. The van der Waals surface area contributed by atoms with Crippen LogP contribution in [0.2, 0.25) is 0 Å². The van der Waals surface area contributed by atoms with Crippen molar-refractivity contribution >= 4 is 19.9 Å². The molecule has 1 atom stereocenters. The van der Waals surface area contributed by atoms with Crippen LogP contribution in [0.15, 0.2) is 23.1 Å². The Morgan fingerprint density at radius 2 is 1.91 bits per heavy atom. The van der Waals surface area contributed by atoms with E-state index in [9.17, 15) is 16.8 Å². The summed E-state index contributed by atoms with van der Waals surface area (Å²) in [6.07, 6.45) is 0.590. The van der Waals surface area contributed by atoms with Gasteiger partial charge < -0.3 is 5.32 Å². The van der Waals surface area contributed by atoms with Gasteiger partial charge in [0.05, 0.1) is 16.4 Å². The van der Waals surface area contributed by atoms with E-state index in [1.165, 1.54) is 0 Å². The van der Waals surface area contributed by atoms with Gasteiger partial charge in [0.1, 0.15) is 0 Å². The van der Waals surface area contributed by atoms with Gasteiger partial charge in [0.25, 0.3) is 0 Å². The van der Waals surface area contributed by atoms with E-state index in [1.807, 2.05) is 13.8 Å². The molecule has 1 aliphatic heterocycles. The maximum absolute atomic E-state index is 12.2. The van der Waals surface area contributed by atoms with Crippen LogP contribution in [0.4, 0.5) is 0 Å². The largest absolute Gasteiger partial charge is 0.312 e. The second-order valence-electron chi connectivity index (χ2n) is 5.70.